The average molecular weight is 516 g/mol. The third-order valence-electron chi connectivity index (χ3n) is 4.58. The number of hydrogen-bond donors (Lipinski definition) is 0. The van der Waals surface area contributed by atoms with E-state index in [0.717, 1.165) is 4.57 Å². The van der Waals surface area contributed by atoms with E-state index < -0.39 is 38.5 Å². The molecule has 12 heteroatoms. The summed E-state index contributed by atoms with van der Waals surface area (Å²) < 4.78 is 77.8. The van der Waals surface area contributed by atoms with Crippen LogP contribution in [0.15, 0.2) is 53.3 Å². The standard InChI is InChI=1S/C21H18F3NO7S.C2H6/c1-3-31-20(27)17-18(32-33(28,29)21(22,23)24)15-6-4-5-7-16(15)25(19(17)26)12-13-8-10-14(30-2)11-9-13;1-2/h4-11H,3,12H2,1-2H3;1-2H3. The summed E-state index contributed by atoms with van der Waals surface area (Å²) >= 11 is 0. The van der Waals surface area contributed by atoms with Crippen LogP contribution in [-0.4, -0.2) is 38.2 Å². The van der Waals surface area contributed by atoms with Crippen molar-refractivity contribution in [1.29, 1.82) is 0 Å². The van der Waals surface area contributed by atoms with E-state index in [-0.39, 0.29) is 24.1 Å². The van der Waals surface area contributed by atoms with Crippen molar-refractivity contribution in [2.45, 2.75) is 32.8 Å². The predicted molar refractivity (Wildman–Crippen MR) is 123 cm³/mol. The van der Waals surface area contributed by atoms with Crippen LogP contribution in [0.3, 0.4) is 0 Å². The van der Waals surface area contributed by atoms with Crippen molar-refractivity contribution in [3.63, 3.8) is 0 Å². The quantitative estimate of drug-likeness (QED) is 0.260. The predicted octanol–water partition coefficient (Wildman–Crippen LogP) is 4.49. The molecule has 0 bridgehead atoms. The number of benzene rings is 2. The van der Waals surface area contributed by atoms with Gasteiger partial charge in [0.1, 0.15) is 5.75 Å². The van der Waals surface area contributed by atoms with Crippen molar-refractivity contribution in [1.82, 2.24) is 4.57 Å². The average Bonchev–Trinajstić information content (AvgIpc) is 2.82. The van der Waals surface area contributed by atoms with E-state index in [9.17, 15) is 31.2 Å². The van der Waals surface area contributed by atoms with E-state index in [0.29, 0.717) is 11.3 Å². The molecule has 3 aromatic rings. The second-order valence-corrected chi connectivity index (χ2v) is 8.20. The van der Waals surface area contributed by atoms with Gasteiger partial charge in [0.05, 0.1) is 25.8 Å². The lowest BCUT2D eigenvalue weighted by Crippen LogP contribution is -2.33. The number of aromatic nitrogens is 1. The smallest absolute Gasteiger partial charge is 0.497 e. The summed E-state index contributed by atoms with van der Waals surface area (Å²) in [4.78, 5) is 25.8. The number of carbonyl (C=O) groups is 1. The number of esters is 1. The first-order valence-corrected chi connectivity index (χ1v) is 11.9. The van der Waals surface area contributed by atoms with E-state index in [1.54, 1.807) is 24.3 Å². The van der Waals surface area contributed by atoms with Crippen LogP contribution in [0.1, 0.15) is 36.7 Å². The van der Waals surface area contributed by atoms with Crippen LogP contribution in [0.25, 0.3) is 10.9 Å². The van der Waals surface area contributed by atoms with Crippen LogP contribution >= 0.6 is 0 Å². The molecule has 0 aliphatic carbocycles. The molecule has 0 N–H and O–H groups in total. The minimum absolute atomic E-state index is 0.0544. The van der Waals surface area contributed by atoms with Crippen LogP contribution in [0.2, 0.25) is 0 Å². The molecule has 0 unspecified atom stereocenters. The Labute approximate surface area is 200 Å². The molecule has 2 aromatic carbocycles. The lowest BCUT2D eigenvalue weighted by Gasteiger charge is -2.18. The van der Waals surface area contributed by atoms with Gasteiger partial charge in [-0.1, -0.05) is 38.1 Å². The third-order valence-corrected chi connectivity index (χ3v) is 5.53. The molecule has 1 aromatic heterocycles. The van der Waals surface area contributed by atoms with Gasteiger partial charge in [0.15, 0.2) is 11.3 Å². The summed E-state index contributed by atoms with van der Waals surface area (Å²) in [5, 5.41) is -0.193. The number of ether oxygens (including phenoxy) is 2. The Morgan fingerprint density at radius 2 is 1.63 bits per heavy atom. The highest BCUT2D eigenvalue weighted by molar-refractivity contribution is 7.88. The maximum atomic E-state index is 13.3. The molecule has 8 nitrogen and oxygen atoms in total. The Morgan fingerprint density at radius 3 is 2.17 bits per heavy atom. The van der Waals surface area contributed by atoms with Gasteiger partial charge in [0.25, 0.3) is 5.56 Å². The van der Waals surface area contributed by atoms with Gasteiger partial charge in [-0.05, 0) is 36.8 Å². The molecule has 0 amide bonds. The first kappa shape index (κ1) is 27.7. The van der Waals surface area contributed by atoms with Crippen LogP contribution in [-0.2, 0) is 21.4 Å². The fraction of sp³-hybridized carbons (Fsp3) is 0.304. The van der Waals surface area contributed by atoms with Gasteiger partial charge in [-0.2, -0.15) is 21.6 Å². The second-order valence-electron chi connectivity index (χ2n) is 6.66. The zero-order valence-electron chi connectivity index (χ0n) is 19.4. The number of fused-ring (bicyclic) bond motifs is 1. The number of nitrogens with zero attached hydrogens (tertiary/aromatic N) is 1. The first-order valence-electron chi connectivity index (χ1n) is 10.5. The summed E-state index contributed by atoms with van der Waals surface area (Å²) in [6.07, 6.45) is 0. The van der Waals surface area contributed by atoms with Gasteiger partial charge >= 0.3 is 21.6 Å². The molecule has 0 saturated heterocycles. The molecule has 0 saturated carbocycles. The summed E-state index contributed by atoms with van der Waals surface area (Å²) in [7, 11) is -4.70. The van der Waals surface area contributed by atoms with E-state index in [1.807, 2.05) is 13.8 Å². The van der Waals surface area contributed by atoms with Crippen LogP contribution in [0.5, 0.6) is 11.5 Å². The number of hydrogen-bond acceptors (Lipinski definition) is 7. The lowest BCUT2D eigenvalue weighted by atomic mass is 10.1. The van der Waals surface area contributed by atoms with Crippen LogP contribution in [0.4, 0.5) is 13.2 Å². The number of pyridine rings is 1. The van der Waals surface area contributed by atoms with Crippen molar-refractivity contribution < 1.29 is 40.0 Å². The second kappa shape index (κ2) is 11.3. The summed E-state index contributed by atoms with van der Waals surface area (Å²) in [6.45, 7) is 5.12. The summed E-state index contributed by atoms with van der Waals surface area (Å²) in [5.74, 6) is -1.80. The highest BCUT2D eigenvalue weighted by Crippen LogP contribution is 2.34. The minimum atomic E-state index is -6.18. The minimum Gasteiger partial charge on any atom is -0.497 e. The molecule has 0 aliphatic rings. The highest BCUT2D eigenvalue weighted by atomic mass is 32.2. The number of carbonyl (C=O) groups excluding carboxylic acids is 1. The zero-order chi connectivity index (χ0) is 26.4. The fourth-order valence-corrected chi connectivity index (χ4v) is 3.56. The maximum Gasteiger partial charge on any atom is 0.534 e. The number of methoxy groups -OCH3 is 1. The summed E-state index contributed by atoms with van der Waals surface area (Å²) in [5.41, 5.74) is -7.15. The molecule has 1 heterocycles. The fourth-order valence-electron chi connectivity index (χ4n) is 3.07. The molecule has 0 spiro atoms. The largest absolute Gasteiger partial charge is 0.534 e. The summed E-state index contributed by atoms with van der Waals surface area (Å²) in [6, 6.07) is 12.1. The van der Waals surface area contributed by atoms with Gasteiger partial charge in [0, 0.05) is 5.39 Å². The van der Waals surface area contributed by atoms with Crippen LogP contribution in [0, 0.1) is 0 Å². The molecular formula is C23H24F3NO7S. The SMILES string of the molecule is CC.CCOC(=O)c1c(OS(=O)(=O)C(F)(F)F)c2ccccc2n(Cc2ccc(OC)cc2)c1=O. The number of rotatable bonds is 7. The number of halogens is 3. The molecule has 0 aliphatic heterocycles. The van der Waals surface area contributed by atoms with E-state index in [4.69, 9.17) is 9.47 Å². The third kappa shape index (κ3) is 5.94. The molecule has 0 fully saturated rings. The van der Waals surface area contributed by atoms with E-state index in [2.05, 4.69) is 4.18 Å². The zero-order valence-corrected chi connectivity index (χ0v) is 20.2. The molecule has 0 radical (unpaired) electrons. The Morgan fingerprint density at radius 1 is 1.03 bits per heavy atom. The maximum absolute atomic E-state index is 13.3. The monoisotopic (exact) mass is 515 g/mol. The van der Waals surface area contributed by atoms with Crippen molar-refractivity contribution in [3.8, 4) is 11.5 Å². The Balaban J connectivity index is 0.00000210. The van der Waals surface area contributed by atoms with Gasteiger partial charge in [-0.25, -0.2) is 4.79 Å². The molecule has 3 rings (SSSR count). The Kier molecular flexibility index (Phi) is 8.91. The van der Waals surface area contributed by atoms with Gasteiger partial charge in [-0.15, -0.1) is 0 Å². The van der Waals surface area contributed by atoms with Gasteiger partial charge in [-0.3, -0.25) is 4.79 Å². The van der Waals surface area contributed by atoms with Crippen molar-refractivity contribution in [2.24, 2.45) is 0 Å². The van der Waals surface area contributed by atoms with Crippen molar-refractivity contribution >= 4 is 27.0 Å². The topological polar surface area (TPSA) is 101 Å². The Hall–Kier alpha value is -3.54. The molecule has 35 heavy (non-hydrogen) atoms. The van der Waals surface area contributed by atoms with Crippen molar-refractivity contribution in [3.05, 3.63) is 70.0 Å². The number of alkyl halides is 3. The molecule has 0 atom stereocenters. The van der Waals surface area contributed by atoms with Crippen molar-refractivity contribution in [2.75, 3.05) is 13.7 Å². The lowest BCUT2D eigenvalue weighted by molar-refractivity contribution is -0.0500. The molecular weight excluding hydrogens is 491 g/mol. The molecule has 190 valence electrons. The number of para-hydroxylation sites is 1. The Bertz CT molecular complexity index is 1350. The van der Waals surface area contributed by atoms with Gasteiger partial charge in [0.2, 0.25) is 0 Å². The van der Waals surface area contributed by atoms with Crippen LogP contribution < -0.4 is 14.5 Å². The first-order chi connectivity index (χ1) is 16.5. The highest BCUT2D eigenvalue weighted by Gasteiger charge is 2.49. The van der Waals surface area contributed by atoms with E-state index in [1.165, 1.54) is 38.3 Å². The van der Waals surface area contributed by atoms with E-state index >= 15 is 0 Å². The van der Waals surface area contributed by atoms with Gasteiger partial charge < -0.3 is 18.2 Å². The normalized spacial score (nSPS) is 11.4.